The predicted octanol–water partition coefficient (Wildman–Crippen LogP) is 2.65. The molecule has 6 nitrogen and oxygen atoms in total. The topological polar surface area (TPSA) is 71.5 Å². The summed E-state index contributed by atoms with van der Waals surface area (Å²) >= 11 is 3.27. The minimum absolute atomic E-state index is 0.122. The Morgan fingerprint density at radius 1 is 1.43 bits per heavy atom. The molecule has 1 aromatic rings. The van der Waals surface area contributed by atoms with Crippen LogP contribution in [0.2, 0.25) is 0 Å². The van der Waals surface area contributed by atoms with Crippen LogP contribution in [0.25, 0.3) is 0 Å². The highest BCUT2D eigenvalue weighted by Gasteiger charge is 2.37. The molecule has 0 aromatic carbocycles. The number of hydrogen-bond donors (Lipinski definition) is 1. The molecule has 2 rings (SSSR count). The largest absolute Gasteiger partial charge is 0.444 e. The molecule has 1 N–H and O–H groups in total. The molecule has 1 aromatic heterocycles. The van der Waals surface area contributed by atoms with Gasteiger partial charge in [0, 0.05) is 19.3 Å². The minimum atomic E-state index is -0.523. The molecule has 0 radical (unpaired) electrons. The maximum atomic E-state index is 12.1. The van der Waals surface area contributed by atoms with Crippen molar-refractivity contribution >= 4 is 33.6 Å². The molecule has 21 heavy (non-hydrogen) atoms. The predicted molar refractivity (Wildman–Crippen MR) is 81.9 cm³/mol. The summed E-state index contributed by atoms with van der Waals surface area (Å²) in [5.74, 6) is -0.340. The molecular weight excluding hydrogens is 338 g/mol. The van der Waals surface area contributed by atoms with Crippen LogP contribution in [0.4, 0.5) is 10.5 Å². The van der Waals surface area contributed by atoms with Gasteiger partial charge in [-0.1, -0.05) is 0 Å². The number of anilines is 1. The molecule has 7 heteroatoms. The van der Waals surface area contributed by atoms with E-state index < -0.39 is 5.60 Å². The van der Waals surface area contributed by atoms with Crippen LogP contribution in [-0.4, -0.2) is 40.6 Å². The number of nitrogens with one attached hydrogen (secondary N) is 1. The quantitative estimate of drug-likeness (QED) is 0.827. The summed E-state index contributed by atoms with van der Waals surface area (Å²) in [6.45, 7) is 6.19. The van der Waals surface area contributed by atoms with Crippen LogP contribution in [0, 0.1) is 5.92 Å². The van der Waals surface area contributed by atoms with E-state index in [2.05, 4.69) is 26.2 Å². The lowest BCUT2D eigenvalue weighted by Gasteiger charge is -2.38. The van der Waals surface area contributed by atoms with E-state index in [0.29, 0.717) is 23.4 Å². The Morgan fingerprint density at radius 3 is 2.67 bits per heavy atom. The number of carbonyl (C=O) groups excluding carboxylic acids is 2. The second-order valence-electron chi connectivity index (χ2n) is 5.91. The average molecular weight is 356 g/mol. The van der Waals surface area contributed by atoms with E-state index in [-0.39, 0.29) is 17.9 Å². The monoisotopic (exact) mass is 355 g/mol. The number of halogens is 1. The van der Waals surface area contributed by atoms with E-state index >= 15 is 0 Å². The Kier molecular flexibility index (Phi) is 4.51. The second-order valence-corrected chi connectivity index (χ2v) is 6.66. The van der Waals surface area contributed by atoms with Gasteiger partial charge in [0.1, 0.15) is 10.2 Å². The van der Waals surface area contributed by atoms with Gasteiger partial charge < -0.3 is 15.0 Å². The van der Waals surface area contributed by atoms with Crippen LogP contribution >= 0.6 is 15.9 Å². The SMILES string of the molecule is CC(C)(C)OC(=O)N1CC(C(=O)Nc2cccnc2Br)C1. The molecule has 1 fully saturated rings. The van der Waals surface area contributed by atoms with Crippen LogP contribution in [0.5, 0.6) is 0 Å². The summed E-state index contributed by atoms with van der Waals surface area (Å²) in [5, 5.41) is 2.79. The molecule has 2 heterocycles. The van der Waals surface area contributed by atoms with E-state index in [1.807, 2.05) is 20.8 Å². The normalized spacial score (nSPS) is 15.3. The van der Waals surface area contributed by atoms with E-state index in [4.69, 9.17) is 4.74 Å². The summed E-state index contributed by atoms with van der Waals surface area (Å²) in [6, 6.07) is 3.51. The van der Waals surface area contributed by atoms with Gasteiger partial charge in [0.25, 0.3) is 0 Å². The summed E-state index contributed by atoms with van der Waals surface area (Å²) < 4.78 is 5.83. The molecule has 1 aliphatic rings. The molecule has 114 valence electrons. The van der Waals surface area contributed by atoms with Gasteiger partial charge >= 0.3 is 6.09 Å². The first-order valence-electron chi connectivity index (χ1n) is 6.65. The third-order valence-corrected chi connectivity index (χ3v) is 3.55. The van der Waals surface area contributed by atoms with Gasteiger partial charge in [-0.05, 0) is 48.8 Å². The zero-order valence-corrected chi connectivity index (χ0v) is 13.8. The van der Waals surface area contributed by atoms with Crippen molar-refractivity contribution in [3.8, 4) is 0 Å². The molecular formula is C14H18BrN3O3. The summed E-state index contributed by atoms with van der Waals surface area (Å²) in [7, 11) is 0. The van der Waals surface area contributed by atoms with Gasteiger partial charge in [-0.2, -0.15) is 0 Å². The Bertz CT molecular complexity index is 551. The van der Waals surface area contributed by atoms with Gasteiger partial charge in [0.2, 0.25) is 5.91 Å². The van der Waals surface area contributed by atoms with E-state index in [0.717, 1.165) is 0 Å². The number of amides is 2. The Labute approximate surface area is 132 Å². The lowest BCUT2D eigenvalue weighted by Crippen LogP contribution is -2.55. The van der Waals surface area contributed by atoms with Crippen LogP contribution in [0.15, 0.2) is 22.9 Å². The first-order chi connectivity index (χ1) is 9.76. The molecule has 0 spiro atoms. The van der Waals surface area contributed by atoms with E-state index in [9.17, 15) is 9.59 Å². The zero-order valence-electron chi connectivity index (χ0n) is 12.2. The molecule has 0 saturated carbocycles. The van der Waals surface area contributed by atoms with Crippen LogP contribution in [0.1, 0.15) is 20.8 Å². The smallest absolute Gasteiger partial charge is 0.410 e. The fourth-order valence-electron chi connectivity index (χ4n) is 1.83. The first-order valence-corrected chi connectivity index (χ1v) is 7.45. The number of hydrogen-bond acceptors (Lipinski definition) is 4. The third-order valence-electron chi connectivity index (χ3n) is 2.92. The molecule has 1 saturated heterocycles. The number of carbonyl (C=O) groups is 2. The summed E-state index contributed by atoms with van der Waals surface area (Å²) in [6.07, 6.45) is 1.25. The number of ether oxygens (including phenoxy) is 1. The lowest BCUT2D eigenvalue weighted by molar-refractivity contribution is -0.124. The van der Waals surface area contributed by atoms with Gasteiger partial charge in [0.05, 0.1) is 11.6 Å². The van der Waals surface area contributed by atoms with Crippen molar-refractivity contribution in [1.29, 1.82) is 0 Å². The molecule has 0 aliphatic carbocycles. The van der Waals surface area contributed by atoms with Gasteiger partial charge in [-0.3, -0.25) is 4.79 Å². The molecule has 0 bridgehead atoms. The number of rotatable bonds is 2. The maximum Gasteiger partial charge on any atom is 0.410 e. The Morgan fingerprint density at radius 2 is 2.10 bits per heavy atom. The van der Waals surface area contributed by atoms with Crippen LogP contribution in [-0.2, 0) is 9.53 Å². The van der Waals surface area contributed by atoms with Crippen molar-refractivity contribution in [3.05, 3.63) is 22.9 Å². The minimum Gasteiger partial charge on any atom is -0.444 e. The number of aromatic nitrogens is 1. The van der Waals surface area contributed by atoms with Crippen molar-refractivity contribution in [2.75, 3.05) is 18.4 Å². The Balaban J connectivity index is 1.83. The number of nitrogens with zero attached hydrogens (tertiary/aromatic N) is 2. The summed E-state index contributed by atoms with van der Waals surface area (Å²) in [5.41, 5.74) is 0.101. The second kappa shape index (κ2) is 6.01. The lowest BCUT2D eigenvalue weighted by atomic mass is 10.00. The Hall–Kier alpha value is -1.63. The highest BCUT2D eigenvalue weighted by Crippen LogP contribution is 2.23. The van der Waals surface area contributed by atoms with E-state index in [1.165, 1.54) is 4.90 Å². The average Bonchev–Trinajstić information content (AvgIpc) is 2.27. The number of pyridine rings is 1. The van der Waals surface area contributed by atoms with Crippen LogP contribution < -0.4 is 5.32 Å². The number of likely N-dealkylation sites (tertiary alicyclic amines) is 1. The molecule has 0 atom stereocenters. The fourth-order valence-corrected chi connectivity index (χ4v) is 2.18. The molecule has 2 amide bonds. The zero-order chi connectivity index (χ0) is 15.6. The van der Waals surface area contributed by atoms with Crippen molar-refractivity contribution in [1.82, 2.24) is 9.88 Å². The summed E-state index contributed by atoms with van der Waals surface area (Å²) in [4.78, 5) is 29.4. The van der Waals surface area contributed by atoms with Crippen molar-refractivity contribution < 1.29 is 14.3 Å². The standard InChI is InChI=1S/C14H18BrN3O3/c1-14(2,3)21-13(20)18-7-9(8-18)12(19)17-10-5-4-6-16-11(10)15/h4-6,9H,7-8H2,1-3H3,(H,17,19). The van der Waals surface area contributed by atoms with Crippen LogP contribution in [0.3, 0.4) is 0 Å². The van der Waals surface area contributed by atoms with Crippen molar-refractivity contribution in [3.63, 3.8) is 0 Å². The maximum absolute atomic E-state index is 12.1. The molecule has 1 aliphatic heterocycles. The highest BCUT2D eigenvalue weighted by atomic mass is 79.9. The van der Waals surface area contributed by atoms with E-state index in [1.54, 1.807) is 18.3 Å². The van der Waals surface area contributed by atoms with Gasteiger partial charge in [0.15, 0.2) is 0 Å². The first kappa shape index (κ1) is 15.8. The third kappa shape index (κ3) is 4.17. The van der Waals surface area contributed by atoms with Crippen molar-refractivity contribution in [2.24, 2.45) is 5.92 Å². The van der Waals surface area contributed by atoms with Gasteiger partial charge in [-0.25, -0.2) is 9.78 Å². The van der Waals surface area contributed by atoms with Gasteiger partial charge in [-0.15, -0.1) is 0 Å². The molecule has 0 unspecified atom stereocenters. The highest BCUT2D eigenvalue weighted by molar-refractivity contribution is 9.10. The van der Waals surface area contributed by atoms with Crippen molar-refractivity contribution in [2.45, 2.75) is 26.4 Å². The fraction of sp³-hybridized carbons (Fsp3) is 0.500.